The van der Waals surface area contributed by atoms with Crippen LogP contribution in [0.2, 0.25) is 5.02 Å². The molecule has 0 fully saturated rings. The minimum atomic E-state index is -0.410. The molecule has 2 aromatic carbocycles. The zero-order valence-corrected chi connectivity index (χ0v) is 14.1. The van der Waals surface area contributed by atoms with E-state index in [0.29, 0.717) is 33.3 Å². The maximum Gasteiger partial charge on any atom is 0.259 e. The molecule has 0 saturated heterocycles. The fourth-order valence-corrected chi connectivity index (χ4v) is 2.85. The van der Waals surface area contributed by atoms with Gasteiger partial charge in [0, 0.05) is 6.20 Å². The van der Waals surface area contributed by atoms with Crippen molar-refractivity contribution in [2.45, 2.75) is 0 Å². The number of hydrogen-bond acceptors (Lipinski definition) is 3. The lowest BCUT2D eigenvalue weighted by Gasteiger charge is -2.08. The van der Waals surface area contributed by atoms with Gasteiger partial charge in [-0.3, -0.25) is 9.20 Å². The predicted octanol–water partition coefficient (Wildman–Crippen LogP) is 4.44. The van der Waals surface area contributed by atoms with Crippen LogP contribution >= 0.6 is 11.6 Å². The molecular formula is C19H12ClFN4O. The van der Waals surface area contributed by atoms with Crippen LogP contribution in [0.25, 0.3) is 17.0 Å². The molecule has 5 nitrogen and oxygen atoms in total. The Morgan fingerprint density at radius 3 is 2.58 bits per heavy atom. The number of nitrogens with zero attached hydrogens (tertiary/aromatic N) is 3. The number of fused-ring (bicyclic) bond motifs is 1. The quantitative estimate of drug-likeness (QED) is 0.583. The van der Waals surface area contributed by atoms with Crippen molar-refractivity contribution in [3.8, 4) is 11.4 Å². The van der Waals surface area contributed by atoms with Crippen molar-refractivity contribution in [2.75, 3.05) is 5.32 Å². The van der Waals surface area contributed by atoms with Gasteiger partial charge < -0.3 is 5.32 Å². The van der Waals surface area contributed by atoms with Gasteiger partial charge in [-0.05, 0) is 36.4 Å². The van der Waals surface area contributed by atoms with Gasteiger partial charge in [0.2, 0.25) is 0 Å². The third-order valence-corrected chi connectivity index (χ3v) is 4.25. The lowest BCUT2D eigenvalue weighted by atomic mass is 10.2. The first-order chi connectivity index (χ1) is 12.6. The van der Waals surface area contributed by atoms with Gasteiger partial charge in [-0.25, -0.2) is 4.39 Å². The molecule has 0 unspecified atom stereocenters. The SMILES string of the molecule is O=C(Nc1ccccc1Cl)c1cccn2c(-c3ccccc3F)nnc12. The number of aromatic nitrogens is 3. The number of hydrogen-bond donors (Lipinski definition) is 1. The molecule has 7 heteroatoms. The van der Waals surface area contributed by atoms with E-state index in [1.54, 1.807) is 65.2 Å². The van der Waals surface area contributed by atoms with E-state index in [9.17, 15) is 9.18 Å². The maximum absolute atomic E-state index is 14.1. The van der Waals surface area contributed by atoms with Crippen molar-refractivity contribution in [1.82, 2.24) is 14.6 Å². The number of carbonyl (C=O) groups is 1. The fraction of sp³-hybridized carbons (Fsp3) is 0. The third kappa shape index (κ3) is 2.80. The summed E-state index contributed by atoms with van der Waals surface area (Å²) in [5.41, 5.74) is 1.44. The van der Waals surface area contributed by atoms with Crippen molar-refractivity contribution < 1.29 is 9.18 Å². The molecular weight excluding hydrogens is 355 g/mol. The molecule has 128 valence electrons. The lowest BCUT2D eigenvalue weighted by molar-refractivity contribution is 0.102. The first kappa shape index (κ1) is 16.2. The van der Waals surface area contributed by atoms with Crippen molar-refractivity contribution in [3.05, 3.63) is 83.3 Å². The zero-order chi connectivity index (χ0) is 18.1. The number of pyridine rings is 1. The molecule has 2 heterocycles. The third-order valence-electron chi connectivity index (χ3n) is 3.92. The summed E-state index contributed by atoms with van der Waals surface area (Å²) in [6.45, 7) is 0. The van der Waals surface area contributed by atoms with E-state index in [1.807, 2.05) is 0 Å². The minimum Gasteiger partial charge on any atom is -0.321 e. The molecule has 26 heavy (non-hydrogen) atoms. The lowest BCUT2D eigenvalue weighted by Crippen LogP contribution is -2.13. The topological polar surface area (TPSA) is 59.3 Å². The number of para-hydroxylation sites is 1. The molecule has 1 N–H and O–H groups in total. The minimum absolute atomic E-state index is 0.308. The fourth-order valence-electron chi connectivity index (χ4n) is 2.67. The smallest absolute Gasteiger partial charge is 0.259 e. The maximum atomic E-state index is 14.1. The number of benzene rings is 2. The molecule has 4 rings (SSSR count). The molecule has 0 aliphatic rings. The highest BCUT2D eigenvalue weighted by Crippen LogP contribution is 2.24. The molecule has 0 bridgehead atoms. The Kier molecular flexibility index (Phi) is 4.10. The van der Waals surface area contributed by atoms with Gasteiger partial charge in [-0.2, -0.15) is 0 Å². The highest BCUT2D eigenvalue weighted by atomic mass is 35.5. The molecule has 1 amide bonds. The second-order valence-corrected chi connectivity index (χ2v) is 5.96. The van der Waals surface area contributed by atoms with Gasteiger partial charge in [0.05, 0.1) is 21.8 Å². The first-order valence-electron chi connectivity index (χ1n) is 7.79. The Hall–Kier alpha value is -3.25. The summed E-state index contributed by atoms with van der Waals surface area (Å²) in [7, 11) is 0. The summed E-state index contributed by atoms with van der Waals surface area (Å²) in [6, 6.07) is 16.5. The highest BCUT2D eigenvalue weighted by Gasteiger charge is 2.18. The predicted molar refractivity (Wildman–Crippen MR) is 97.8 cm³/mol. The summed E-state index contributed by atoms with van der Waals surface area (Å²) in [5.74, 6) is -0.464. The van der Waals surface area contributed by atoms with E-state index in [-0.39, 0.29) is 5.91 Å². The monoisotopic (exact) mass is 366 g/mol. The Balaban J connectivity index is 1.77. The zero-order valence-electron chi connectivity index (χ0n) is 13.4. The van der Waals surface area contributed by atoms with Gasteiger partial charge in [-0.15, -0.1) is 10.2 Å². The molecule has 0 aliphatic heterocycles. The second kappa shape index (κ2) is 6.57. The first-order valence-corrected chi connectivity index (χ1v) is 8.17. The Labute approximate surface area is 153 Å². The van der Waals surface area contributed by atoms with Crippen molar-refractivity contribution in [3.63, 3.8) is 0 Å². The van der Waals surface area contributed by atoms with Crippen molar-refractivity contribution >= 4 is 28.8 Å². The van der Waals surface area contributed by atoms with Gasteiger partial charge in [-0.1, -0.05) is 35.9 Å². The molecule has 4 aromatic rings. The van der Waals surface area contributed by atoms with Crippen LogP contribution in [0.4, 0.5) is 10.1 Å². The van der Waals surface area contributed by atoms with Crippen molar-refractivity contribution in [1.29, 1.82) is 0 Å². The van der Waals surface area contributed by atoms with Crippen LogP contribution in [0.5, 0.6) is 0 Å². The van der Waals surface area contributed by atoms with Crippen LogP contribution in [-0.2, 0) is 0 Å². The van der Waals surface area contributed by atoms with Gasteiger partial charge in [0.1, 0.15) is 5.82 Å². The summed E-state index contributed by atoms with van der Waals surface area (Å²) in [6.07, 6.45) is 1.68. The van der Waals surface area contributed by atoms with Crippen LogP contribution in [0, 0.1) is 5.82 Å². The molecule has 0 atom stereocenters. The van der Waals surface area contributed by atoms with Gasteiger partial charge in [0.25, 0.3) is 5.91 Å². The molecule has 0 aliphatic carbocycles. The van der Waals surface area contributed by atoms with Crippen LogP contribution in [0.3, 0.4) is 0 Å². The second-order valence-electron chi connectivity index (χ2n) is 5.55. The number of anilines is 1. The number of amides is 1. The Morgan fingerprint density at radius 2 is 1.77 bits per heavy atom. The number of halogens is 2. The number of rotatable bonds is 3. The summed E-state index contributed by atoms with van der Waals surface area (Å²) >= 11 is 6.09. The van der Waals surface area contributed by atoms with E-state index < -0.39 is 5.82 Å². The summed E-state index contributed by atoms with van der Waals surface area (Å²) < 4.78 is 15.7. The molecule has 2 aromatic heterocycles. The van der Waals surface area contributed by atoms with Crippen LogP contribution in [-0.4, -0.2) is 20.5 Å². The van der Waals surface area contributed by atoms with E-state index >= 15 is 0 Å². The Morgan fingerprint density at radius 1 is 1.00 bits per heavy atom. The van der Waals surface area contributed by atoms with E-state index in [2.05, 4.69) is 15.5 Å². The molecule has 0 spiro atoms. The number of carbonyl (C=O) groups excluding carboxylic acids is 1. The summed E-state index contributed by atoms with van der Waals surface area (Å²) in [5, 5.41) is 11.3. The normalized spacial score (nSPS) is 10.8. The van der Waals surface area contributed by atoms with Gasteiger partial charge in [0.15, 0.2) is 11.5 Å². The van der Waals surface area contributed by atoms with Crippen LogP contribution in [0.1, 0.15) is 10.4 Å². The summed E-state index contributed by atoms with van der Waals surface area (Å²) in [4.78, 5) is 12.7. The highest BCUT2D eigenvalue weighted by molar-refractivity contribution is 6.34. The van der Waals surface area contributed by atoms with E-state index in [1.165, 1.54) is 6.07 Å². The molecule has 0 saturated carbocycles. The van der Waals surface area contributed by atoms with Crippen molar-refractivity contribution in [2.24, 2.45) is 0 Å². The van der Waals surface area contributed by atoms with Crippen LogP contribution < -0.4 is 5.32 Å². The standard InChI is InChI=1S/C19H12ClFN4O/c20-14-8-2-4-10-16(14)22-19(26)13-7-5-11-25-17(23-24-18(13)25)12-6-1-3-9-15(12)21/h1-11H,(H,22,26). The number of nitrogens with one attached hydrogen (secondary N) is 1. The van der Waals surface area contributed by atoms with E-state index in [4.69, 9.17) is 11.6 Å². The average Bonchev–Trinajstić information content (AvgIpc) is 3.08. The average molecular weight is 367 g/mol. The van der Waals surface area contributed by atoms with Crippen LogP contribution in [0.15, 0.2) is 66.9 Å². The van der Waals surface area contributed by atoms with E-state index in [0.717, 1.165) is 0 Å². The van der Waals surface area contributed by atoms with Gasteiger partial charge >= 0.3 is 0 Å². The largest absolute Gasteiger partial charge is 0.321 e. The Bertz CT molecular complexity index is 1130. The molecule has 0 radical (unpaired) electrons.